The fraction of sp³-hybridized carbons (Fsp3) is 0.923. The molecule has 1 rings (SSSR count). The molecule has 0 aliphatic carbocycles. The Kier molecular flexibility index (Phi) is 4.22. The minimum atomic E-state index is 0.143. The van der Waals surface area contributed by atoms with Crippen molar-refractivity contribution in [3.63, 3.8) is 0 Å². The Labute approximate surface area is 100 Å². The van der Waals surface area contributed by atoms with Crippen LogP contribution in [0.1, 0.15) is 53.9 Å². The first kappa shape index (κ1) is 13.3. The monoisotopic (exact) mass is 225 g/mol. The Balaban J connectivity index is 2.71. The van der Waals surface area contributed by atoms with Crippen molar-refractivity contribution in [3.8, 4) is 0 Å². The van der Waals surface area contributed by atoms with Gasteiger partial charge < -0.3 is 10.6 Å². The van der Waals surface area contributed by atoms with Gasteiger partial charge in [-0.1, -0.05) is 20.8 Å². The molecule has 0 radical (unpaired) electrons. The molecule has 0 bridgehead atoms. The molecule has 0 fully saturated rings. The van der Waals surface area contributed by atoms with Gasteiger partial charge in [0.15, 0.2) is 5.96 Å². The minimum Gasteiger partial charge on any atom is -0.370 e. The van der Waals surface area contributed by atoms with E-state index in [1.807, 2.05) is 0 Å². The Hall–Kier alpha value is -0.730. The third kappa shape index (κ3) is 2.69. The third-order valence-corrected chi connectivity index (χ3v) is 3.70. The maximum atomic E-state index is 6.01. The first-order valence-electron chi connectivity index (χ1n) is 6.50. The van der Waals surface area contributed by atoms with Crippen LogP contribution < -0.4 is 5.73 Å². The predicted octanol–water partition coefficient (Wildman–Crippen LogP) is 2.61. The van der Waals surface area contributed by atoms with E-state index in [0.717, 1.165) is 24.8 Å². The average molecular weight is 225 g/mol. The standard InChI is InChI=1S/C13H27N3/c1-6-11(4)16-12(14)15-9-13(16,5)8-7-10(2)3/h10-11H,6-9H2,1-5H3,(H2,14,15). The van der Waals surface area contributed by atoms with Crippen LogP contribution in [0.4, 0.5) is 0 Å². The molecule has 3 nitrogen and oxygen atoms in total. The summed E-state index contributed by atoms with van der Waals surface area (Å²) < 4.78 is 0. The fourth-order valence-electron chi connectivity index (χ4n) is 2.42. The van der Waals surface area contributed by atoms with Gasteiger partial charge in [-0.25, -0.2) is 0 Å². The molecule has 0 saturated carbocycles. The van der Waals surface area contributed by atoms with Crippen LogP contribution in [0.2, 0.25) is 0 Å². The molecule has 16 heavy (non-hydrogen) atoms. The van der Waals surface area contributed by atoms with E-state index >= 15 is 0 Å². The van der Waals surface area contributed by atoms with Crippen molar-refractivity contribution in [2.24, 2.45) is 16.6 Å². The van der Waals surface area contributed by atoms with Gasteiger partial charge in [0.25, 0.3) is 0 Å². The molecule has 0 aromatic rings. The maximum absolute atomic E-state index is 6.01. The summed E-state index contributed by atoms with van der Waals surface area (Å²) in [6, 6.07) is 0.489. The van der Waals surface area contributed by atoms with Gasteiger partial charge in [-0.15, -0.1) is 0 Å². The Morgan fingerprint density at radius 1 is 1.44 bits per heavy atom. The van der Waals surface area contributed by atoms with Crippen molar-refractivity contribution in [2.75, 3.05) is 6.54 Å². The lowest BCUT2D eigenvalue weighted by molar-refractivity contribution is 0.152. The second-order valence-electron chi connectivity index (χ2n) is 5.73. The van der Waals surface area contributed by atoms with Crippen molar-refractivity contribution in [3.05, 3.63) is 0 Å². The molecular formula is C13H27N3. The highest BCUT2D eigenvalue weighted by atomic mass is 15.4. The number of aliphatic imine (C=N–C) groups is 1. The first-order chi connectivity index (χ1) is 7.40. The normalized spacial score (nSPS) is 27.4. The summed E-state index contributed by atoms with van der Waals surface area (Å²) in [5, 5.41) is 0. The second-order valence-corrected chi connectivity index (χ2v) is 5.73. The Morgan fingerprint density at radius 3 is 2.56 bits per heavy atom. The molecule has 1 aliphatic rings. The summed E-state index contributed by atoms with van der Waals surface area (Å²) in [4.78, 5) is 6.77. The SMILES string of the molecule is CCC(C)N1C(N)=NCC1(C)CCC(C)C. The molecule has 0 aromatic heterocycles. The molecule has 0 spiro atoms. The molecule has 2 N–H and O–H groups in total. The van der Waals surface area contributed by atoms with Crippen molar-refractivity contribution >= 4 is 5.96 Å². The molecule has 1 heterocycles. The zero-order valence-corrected chi connectivity index (χ0v) is 11.5. The average Bonchev–Trinajstić information content (AvgIpc) is 2.52. The fourth-order valence-corrected chi connectivity index (χ4v) is 2.42. The van der Waals surface area contributed by atoms with E-state index in [1.54, 1.807) is 0 Å². The van der Waals surface area contributed by atoms with E-state index in [2.05, 4.69) is 44.5 Å². The quantitative estimate of drug-likeness (QED) is 0.781. The minimum absolute atomic E-state index is 0.143. The zero-order valence-electron chi connectivity index (χ0n) is 11.5. The summed E-state index contributed by atoms with van der Waals surface area (Å²) in [5.74, 6) is 1.48. The number of hydrogen-bond donors (Lipinski definition) is 1. The predicted molar refractivity (Wildman–Crippen MR) is 70.6 cm³/mol. The number of nitrogens with zero attached hydrogens (tertiary/aromatic N) is 2. The van der Waals surface area contributed by atoms with Crippen LogP contribution in [0.5, 0.6) is 0 Å². The van der Waals surface area contributed by atoms with Crippen LogP contribution in [-0.2, 0) is 0 Å². The van der Waals surface area contributed by atoms with Gasteiger partial charge in [-0.05, 0) is 39.0 Å². The van der Waals surface area contributed by atoms with Crippen LogP contribution in [-0.4, -0.2) is 29.0 Å². The summed E-state index contributed by atoms with van der Waals surface area (Å²) in [5.41, 5.74) is 6.16. The van der Waals surface area contributed by atoms with E-state index in [-0.39, 0.29) is 5.54 Å². The summed E-state index contributed by atoms with van der Waals surface area (Å²) in [6.45, 7) is 12.1. The Bertz CT molecular complexity index is 260. The van der Waals surface area contributed by atoms with Gasteiger partial charge in [-0.3, -0.25) is 4.99 Å². The number of guanidine groups is 1. The van der Waals surface area contributed by atoms with Gasteiger partial charge >= 0.3 is 0 Å². The van der Waals surface area contributed by atoms with Gasteiger partial charge in [-0.2, -0.15) is 0 Å². The van der Waals surface area contributed by atoms with E-state index in [1.165, 1.54) is 12.8 Å². The zero-order chi connectivity index (χ0) is 12.3. The molecule has 0 amide bonds. The highest BCUT2D eigenvalue weighted by molar-refractivity contribution is 5.81. The molecule has 3 heteroatoms. The Morgan fingerprint density at radius 2 is 2.06 bits per heavy atom. The van der Waals surface area contributed by atoms with E-state index in [0.29, 0.717) is 6.04 Å². The van der Waals surface area contributed by atoms with Crippen LogP contribution in [0, 0.1) is 5.92 Å². The van der Waals surface area contributed by atoms with E-state index < -0.39 is 0 Å². The van der Waals surface area contributed by atoms with Crippen molar-refractivity contribution < 1.29 is 0 Å². The van der Waals surface area contributed by atoms with Crippen molar-refractivity contribution in [2.45, 2.75) is 65.5 Å². The van der Waals surface area contributed by atoms with E-state index in [9.17, 15) is 0 Å². The van der Waals surface area contributed by atoms with Crippen LogP contribution in [0.3, 0.4) is 0 Å². The summed E-state index contributed by atoms with van der Waals surface area (Å²) in [7, 11) is 0. The van der Waals surface area contributed by atoms with Crippen molar-refractivity contribution in [1.29, 1.82) is 0 Å². The van der Waals surface area contributed by atoms with E-state index in [4.69, 9.17) is 5.73 Å². The van der Waals surface area contributed by atoms with Crippen LogP contribution in [0.15, 0.2) is 4.99 Å². The number of rotatable bonds is 5. The van der Waals surface area contributed by atoms with Gasteiger partial charge in [0.05, 0.1) is 12.1 Å². The lowest BCUT2D eigenvalue weighted by atomic mass is 9.90. The summed E-state index contributed by atoms with van der Waals surface area (Å²) >= 11 is 0. The molecular weight excluding hydrogens is 198 g/mol. The molecule has 2 atom stereocenters. The molecule has 0 aromatic carbocycles. The summed E-state index contributed by atoms with van der Waals surface area (Å²) in [6.07, 6.45) is 3.54. The number of hydrogen-bond acceptors (Lipinski definition) is 3. The highest BCUT2D eigenvalue weighted by Gasteiger charge is 2.39. The largest absolute Gasteiger partial charge is 0.370 e. The maximum Gasteiger partial charge on any atom is 0.192 e. The molecule has 94 valence electrons. The molecule has 0 saturated heterocycles. The van der Waals surface area contributed by atoms with Crippen LogP contribution >= 0.6 is 0 Å². The smallest absolute Gasteiger partial charge is 0.192 e. The second kappa shape index (κ2) is 5.07. The lowest BCUT2D eigenvalue weighted by Crippen LogP contribution is -2.53. The molecule has 1 aliphatic heterocycles. The number of nitrogens with two attached hydrogens (primary N) is 1. The van der Waals surface area contributed by atoms with Gasteiger partial charge in [0, 0.05) is 6.04 Å². The van der Waals surface area contributed by atoms with Crippen molar-refractivity contribution in [1.82, 2.24) is 4.90 Å². The molecule has 2 unspecified atom stereocenters. The topological polar surface area (TPSA) is 41.6 Å². The van der Waals surface area contributed by atoms with Gasteiger partial charge in [0.2, 0.25) is 0 Å². The highest BCUT2D eigenvalue weighted by Crippen LogP contribution is 2.30. The first-order valence-corrected chi connectivity index (χ1v) is 6.50. The lowest BCUT2D eigenvalue weighted by Gasteiger charge is -2.40. The van der Waals surface area contributed by atoms with Gasteiger partial charge in [0.1, 0.15) is 0 Å². The van der Waals surface area contributed by atoms with Crippen LogP contribution in [0.25, 0.3) is 0 Å². The third-order valence-electron chi connectivity index (χ3n) is 3.70.